The van der Waals surface area contributed by atoms with Crippen molar-refractivity contribution in [2.75, 3.05) is 27.2 Å². The summed E-state index contributed by atoms with van der Waals surface area (Å²) < 4.78 is 5.55. The highest BCUT2D eigenvalue weighted by Gasteiger charge is 2.37. The van der Waals surface area contributed by atoms with Crippen LogP contribution in [0, 0.1) is 0 Å². The van der Waals surface area contributed by atoms with E-state index < -0.39 is 0 Å². The Hall–Kier alpha value is -0.0800. The minimum absolute atomic E-state index is 0.212. The summed E-state index contributed by atoms with van der Waals surface area (Å²) in [5.74, 6) is 0. The second kappa shape index (κ2) is 4.24. The Morgan fingerprint density at radius 3 is 2.42 bits per heavy atom. The zero-order valence-electron chi connectivity index (χ0n) is 8.60. The highest BCUT2D eigenvalue weighted by atomic mass is 16.5. The fourth-order valence-electron chi connectivity index (χ4n) is 1.95. The number of likely N-dealkylation sites (N-methyl/N-ethyl adjacent to an activating group) is 1. The van der Waals surface area contributed by atoms with Crippen LogP contribution in [0.25, 0.3) is 0 Å². The number of rotatable bonds is 5. The van der Waals surface area contributed by atoms with Crippen molar-refractivity contribution in [3.63, 3.8) is 0 Å². The molecule has 0 bridgehead atoms. The van der Waals surface area contributed by atoms with E-state index in [4.69, 9.17) is 4.74 Å². The maximum absolute atomic E-state index is 5.55. The normalized spacial score (nSPS) is 21.0. The van der Waals surface area contributed by atoms with E-state index in [2.05, 4.69) is 18.9 Å². The molecule has 0 radical (unpaired) electrons. The molecule has 0 aromatic carbocycles. The third-order valence-corrected chi connectivity index (χ3v) is 2.86. The molecule has 0 aliphatic heterocycles. The molecule has 2 heteroatoms. The molecule has 1 aliphatic carbocycles. The van der Waals surface area contributed by atoms with Gasteiger partial charge >= 0.3 is 0 Å². The van der Waals surface area contributed by atoms with Crippen LogP contribution in [-0.2, 0) is 4.74 Å². The van der Waals surface area contributed by atoms with Crippen LogP contribution in [0.1, 0.15) is 32.6 Å². The second-order valence-electron chi connectivity index (χ2n) is 3.98. The first-order valence-corrected chi connectivity index (χ1v) is 4.96. The zero-order chi connectivity index (χ0) is 9.03. The summed E-state index contributed by atoms with van der Waals surface area (Å²) in [4.78, 5) is 2.38. The molecule has 0 saturated heterocycles. The second-order valence-corrected chi connectivity index (χ2v) is 3.98. The summed E-state index contributed by atoms with van der Waals surface area (Å²) in [6.07, 6.45) is 5.07. The number of methoxy groups -OCH3 is 1. The molecule has 1 rings (SSSR count). The smallest absolute Gasteiger partial charge is 0.0804 e. The first-order valence-electron chi connectivity index (χ1n) is 4.96. The van der Waals surface area contributed by atoms with Gasteiger partial charge in [0, 0.05) is 13.7 Å². The van der Waals surface area contributed by atoms with Gasteiger partial charge in [0.2, 0.25) is 0 Å². The third kappa shape index (κ3) is 2.20. The van der Waals surface area contributed by atoms with E-state index in [0.717, 1.165) is 6.54 Å². The fourth-order valence-corrected chi connectivity index (χ4v) is 1.95. The maximum atomic E-state index is 5.55. The molecule has 0 spiro atoms. The lowest BCUT2D eigenvalue weighted by molar-refractivity contribution is -0.0879. The van der Waals surface area contributed by atoms with E-state index in [1.807, 2.05) is 7.11 Å². The summed E-state index contributed by atoms with van der Waals surface area (Å²) in [7, 11) is 4.03. The summed E-state index contributed by atoms with van der Waals surface area (Å²) in [6, 6.07) is 0. The predicted octanol–water partition coefficient (Wildman–Crippen LogP) is 1.90. The van der Waals surface area contributed by atoms with Crippen molar-refractivity contribution < 1.29 is 4.74 Å². The molecule has 1 fully saturated rings. The van der Waals surface area contributed by atoms with Crippen molar-refractivity contribution in [1.29, 1.82) is 0 Å². The minimum Gasteiger partial charge on any atom is -0.377 e. The van der Waals surface area contributed by atoms with Crippen LogP contribution in [0.15, 0.2) is 0 Å². The number of hydrogen-bond acceptors (Lipinski definition) is 2. The maximum Gasteiger partial charge on any atom is 0.0804 e. The minimum atomic E-state index is 0.212. The molecule has 0 aromatic rings. The van der Waals surface area contributed by atoms with E-state index in [1.165, 1.54) is 32.2 Å². The van der Waals surface area contributed by atoms with Crippen molar-refractivity contribution in [2.24, 2.45) is 0 Å². The molecule has 2 nitrogen and oxygen atoms in total. The lowest BCUT2D eigenvalue weighted by Gasteiger charge is -2.43. The van der Waals surface area contributed by atoms with Crippen LogP contribution in [-0.4, -0.2) is 37.7 Å². The summed E-state index contributed by atoms with van der Waals surface area (Å²) in [5.41, 5.74) is 0.212. The van der Waals surface area contributed by atoms with Gasteiger partial charge in [-0.05, 0) is 39.3 Å². The fraction of sp³-hybridized carbons (Fsp3) is 1.00. The van der Waals surface area contributed by atoms with Gasteiger partial charge < -0.3 is 9.64 Å². The monoisotopic (exact) mass is 171 g/mol. The number of nitrogens with zero attached hydrogens (tertiary/aromatic N) is 1. The van der Waals surface area contributed by atoms with Gasteiger partial charge in [-0.1, -0.05) is 6.92 Å². The number of ether oxygens (including phenoxy) is 1. The van der Waals surface area contributed by atoms with Gasteiger partial charge in [-0.3, -0.25) is 0 Å². The molecule has 0 unspecified atom stereocenters. The molecule has 0 N–H and O–H groups in total. The SMILES string of the molecule is CCCN(C)CC1(OC)CCC1. The standard InChI is InChI=1S/C10H21NO/c1-4-8-11(2)9-10(12-3)6-5-7-10/h4-9H2,1-3H3. The lowest BCUT2D eigenvalue weighted by atomic mass is 9.79. The van der Waals surface area contributed by atoms with Crippen LogP contribution in [0.3, 0.4) is 0 Å². The topological polar surface area (TPSA) is 12.5 Å². The molecular formula is C10H21NO. The van der Waals surface area contributed by atoms with Crippen molar-refractivity contribution in [3.8, 4) is 0 Å². The van der Waals surface area contributed by atoms with Gasteiger partial charge in [-0.2, -0.15) is 0 Å². The van der Waals surface area contributed by atoms with Crippen molar-refractivity contribution in [2.45, 2.75) is 38.2 Å². The summed E-state index contributed by atoms with van der Waals surface area (Å²) >= 11 is 0. The summed E-state index contributed by atoms with van der Waals surface area (Å²) in [6.45, 7) is 4.51. The van der Waals surface area contributed by atoms with Gasteiger partial charge in [0.1, 0.15) is 0 Å². The molecule has 0 amide bonds. The van der Waals surface area contributed by atoms with Crippen LogP contribution in [0.2, 0.25) is 0 Å². The first-order chi connectivity index (χ1) is 5.72. The Labute approximate surface area is 75.9 Å². The van der Waals surface area contributed by atoms with Crippen LogP contribution in [0.4, 0.5) is 0 Å². The molecule has 1 saturated carbocycles. The highest BCUT2D eigenvalue weighted by Crippen LogP contribution is 2.35. The molecule has 0 atom stereocenters. The average Bonchev–Trinajstić information content (AvgIpc) is 1.97. The Bertz CT molecular complexity index is 126. The predicted molar refractivity (Wildman–Crippen MR) is 51.4 cm³/mol. The Morgan fingerprint density at radius 2 is 2.08 bits per heavy atom. The Balaban J connectivity index is 2.27. The molecule has 0 aromatic heterocycles. The number of hydrogen-bond donors (Lipinski definition) is 0. The van der Waals surface area contributed by atoms with Gasteiger partial charge in [-0.15, -0.1) is 0 Å². The van der Waals surface area contributed by atoms with Crippen LogP contribution in [0.5, 0.6) is 0 Å². The van der Waals surface area contributed by atoms with Gasteiger partial charge in [0.15, 0.2) is 0 Å². The van der Waals surface area contributed by atoms with Gasteiger partial charge in [-0.25, -0.2) is 0 Å². The van der Waals surface area contributed by atoms with Crippen LogP contribution >= 0.6 is 0 Å². The Kier molecular flexibility index (Phi) is 3.53. The van der Waals surface area contributed by atoms with Crippen molar-refractivity contribution >= 4 is 0 Å². The summed E-state index contributed by atoms with van der Waals surface area (Å²) in [5, 5.41) is 0. The largest absolute Gasteiger partial charge is 0.377 e. The molecule has 12 heavy (non-hydrogen) atoms. The lowest BCUT2D eigenvalue weighted by Crippen LogP contribution is -2.48. The third-order valence-electron chi connectivity index (χ3n) is 2.86. The Morgan fingerprint density at radius 1 is 1.42 bits per heavy atom. The van der Waals surface area contributed by atoms with E-state index in [-0.39, 0.29) is 5.60 Å². The van der Waals surface area contributed by atoms with Crippen molar-refractivity contribution in [1.82, 2.24) is 4.90 Å². The van der Waals surface area contributed by atoms with Gasteiger partial charge in [0.05, 0.1) is 5.60 Å². The highest BCUT2D eigenvalue weighted by molar-refractivity contribution is 4.91. The molecular weight excluding hydrogens is 150 g/mol. The van der Waals surface area contributed by atoms with E-state index in [0.29, 0.717) is 0 Å². The molecule has 72 valence electrons. The van der Waals surface area contributed by atoms with Crippen LogP contribution < -0.4 is 0 Å². The van der Waals surface area contributed by atoms with E-state index in [9.17, 15) is 0 Å². The average molecular weight is 171 g/mol. The van der Waals surface area contributed by atoms with E-state index in [1.54, 1.807) is 0 Å². The quantitative estimate of drug-likeness (QED) is 0.626. The van der Waals surface area contributed by atoms with E-state index >= 15 is 0 Å². The molecule has 1 aliphatic rings. The zero-order valence-corrected chi connectivity index (χ0v) is 8.60. The molecule has 0 heterocycles. The van der Waals surface area contributed by atoms with Crippen molar-refractivity contribution in [3.05, 3.63) is 0 Å². The first kappa shape index (κ1) is 10.0. The van der Waals surface area contributed by atoms with Gasteiger partial charge in [0.25, 0.3) is 0 Å².